The lowest BCUT2D eigenvalue weighted by Crippen LogP contribution is -2.26. The number of amides is 1. The second-order valence-electron chi connectivity index (χ2n) is 4.52. The summed E-state index contributed by atoms with van der Waals surface area (Å²) in [5.41, 5.74) is 1.72. The Morgan fingerprint density at radius 1 is 1.40 bits per heavy atom. The first-order valence-electron chi connectivity index (χ1n) is 5.25. The molecule has 1 aromatic carbocycles. The molecule has 1 aliphatic carbocycles. The van der Waals surface area contributed by atoms with E-state index >= 15 is 0 Å². The van der Waals surface area contributed by atoms with Crippen LogP contribution in [0.15, 0.2) is 18.2 Å². The molecule has 0 bridgehead atoms. The Morgan fingerprint density at radius 3 is 2.93 bits per heavy atom. The van der Waals surface area contributed by atoms with Crippen LogP contribution in [-0.2, 0) is 4.79 Å². The van der Waals surface area contributed by atoms with Crippen LogP contribution in [0.1, 0.15) is 18.4 Å². The highest BCUT2D eigenvalue weighted by molar-refractivity contribution is 5.99. The SMILES string of the molecule is Cc1ccc2c(c1)OCC1(CC1)C(=O)N2. The van der Waals surface area contributed by atoms with Crippen LogP contribution in [0, 0.1) is 12.3 Å². The lowest BCUT2D eigenvalue weighted by Gasteiger charge is -2.08. The number of ether oxygens (including phenoxy) is 1. The smallest absolute Gasteiger partial charge is 0.234 e. The summed E-state index contributed by atoms with van der Waals surface area (Å²) in [6, 6.07) is 5.86. The third-order valence-electron chi connectivity index (χ3n) is 3.22. The average molecular weight is 203 g/mol. The van der Waals surface area contributed by atoms with Crippen molar-refractivity contribution in [2.45, 2.75) is 19.8 Å². The van der Waals surface area contributed by atoms with Gasteiger partial charge in [-0.25, -0.2) is 0 Å². The van der Waals surface area contributed by atoms with Crippen LogP contribution in [0.5, 0.6) is 5.75 Å². The van der Waals surface area contributed by atoms with E-state index < -0.39 is 0 Å². The highest BCUT2D eigenvalue weighted by Crippen LogP contribution is 2.49. The monoisotopic (exact) mass is 203 g/mol. The molecule has 3 heteroatoms. The second-order valence-corrected chi connectivity index (χ2v) is 4.52. The Morgan fingerprint density at radius 2 is 2.20 bits per heavy atom. The summed E-state index contributed by atoms with van der Waals surface area (Å²) in [6.07, 6.45) is 1.90. The number of carbonyl (C=O) groups is 1. The topological polar surface area (TPSA) is 38.3 Å². The fourth-order valence-electron chi connectivity index (χ4n) is 1.91. The van der Waals surface area contributed by atoms with Crippen molar-refractivity contribution in [2.24, 2.45) is 5.41 Å². The van der Waals surface area contributed by atoms with Gasteiger partial charge in [0.25, 0.3) is 0 Å². The summed E-state index contributed by atoms with van der Waals surface area (Å²) in [6.45, 7) is 2.54. The van der Waals surface area contributed by atoms with E-state index in [-0.39, 0.29) is 11.3 Å². The Hall–Kier alpha value is -1.51. The zero-order valence-electron chi connectivity index (χ0n) is 8.67. The minimum Gasteiger partial charge on any atom is -0.490 e. The van der Waals surface area contributed by atoms with Crippen molar-refractivity contribution in [3.05, 3.63) is 23.8 Å². The third-order valence-corrected chi connectivity index (χ3v) is 3.22. The Labute approximate surface area is 88.4 Å². The maximum atomic E-state index is 11.9. The highest BCUT2D eigenvalue weighted by atomic mass is 16.5. The largest absolute Gasteiger partial charge is 0.490 e. The minimum absolute atomic E-state index is 0.116. The molecule has 15 heavy (non-hydrogen) atoms. The quantitative estimate of drug-likeness (QED) is 0.701. The first-order valence-corrected chi connectivity index (χ1v) is 5.25. The maximum absolute atomic E-state index is 11.9. The molecule has 1 heterocycles. The average Bonchev–Trinajstić information content (AvgIpc) is 3.00. The summed E-state index contributed by atoms with van der Waals surface area (Å²) in [4.78, 5) is 11.9. The van der Waals surface area contributed by atoms with E-state index in [4.69, 9.17) is 4.74 Å². The summed E-state index contributed by atoms with van der Waals surface area (Å²) in [5, 5.41) is 2.94. The van der Waals surface area contributed by atoms with Crippen LogP contribution >= 0.6 is 0 Å². The normalized spacial score (nSPS) is 21.3. The van der Waals surface area contributed by atoms with Gasteiger partial charge in [0.15, 0.2) is 0 Å². The molecule has 0 saturated heterocycles. The Balaban J connectivity index is 2.00. The van der Waals surface area contributed by atoms with Gasteiger partial charge >= 0.3 is 0 Å². The van der Waals surface area contributed by atoms with Crippen molar-refractivity contribution in [2.75, 3.05) is 11.9 Å². The molecular formula is C12H13NO2. The molecule has 2 aliphatic rings. The van der Waals surface area contributed by atoms with Crippen LogP contribution in [-0.4, -0.2) is 12.5 Å². The van der Waals surface area contributed by atoms with Gasteiger partial charge in [0.05, 0.1) is 11.1 Å². The van der Waals surface area contributed by atoms with Crippen molar-refractivity contribution < 1.29 is 9.53 Å². The molecule has 1 N–H and O–H groups in total. The molecule has 3 nitrogen and oxygen atoms in total. The van der Waals surface area contributed by atoms with Gasteiger partial charge in [-0.3, -0.25) is 4.79 Å². The second kappa shape index (κ2) is 2.75. The molecular weight excluding hydrogens is 190 g/mol. The van der Waals surface area contributed by atoms with Crippen LogP contribution in [0.4, 0.5) is 5.69 Å². The summed E-state index contributed by atoms with van der Waals surface area (Å²) < 4.78 is 5.69. The van der Waals surface area contributed by atoms with Crippen molar-refractivity contribution in [3.63, 3.8) is 0 Å². The number of aryl methyl sites for hydroxylation is 1. The van der Waals surface area contributed by atoms with Gasteiger partial charge in [-0.2, -0.15) is 0 Å². The van der Waals surface area contributed by atoms with Gasteiger partial charge in [0.2, 0.25) is 5.91 Å². The number of benzene rings is 1. The van der Waals surface area contributed by atoms with Gasteiger partial charge in [-0.1, -0.05) is 6.07 Å². The highest BCUT2D eigenvalue weighted by Gasteiger charge is 2.52. The fourth-order valence-corrected chi connectivity index (χ4v) is 1.91. The predicted octanol–water partition coefficient (Wildman–Crippen LogP) is 2.11. The molecule has 0 atom stereocenters. The first-order chi connectivity index (χ1) is 7.20. The zero-order chi connectivity index (χ0) is 10.5. The van der Waals surface area contributed by atoms with E-state index in [1.165, 1.54) is 0 Å². The van der Waals surface area contributed by atoms with Crippen molar-refractivity contribution in [1.82, 2.24) is 0 Å². The van der Waals surface area contributed by atoms with E-state index in [0.717, 1.165) is 29.8 Å². The van der Waals surface area contributed by atoms with Crippen LogP contribution < -0.4 is 10.1 Å². The lowest BCUT2D eigenvalue weighted by atomic mass is 10.1. The number of rotatable bonds is 0. The summed E-state index contributed by atoms with van der Waals surface area (Å²) >= 11 is 0. The fraction of sp³-hybridized carbons (Fsp3) is 0.417. The van der Waals surface area contributed by atoms with Gasteiger partial charge < -0.3 is 10.1 Å². The number of carbonyl (C=O) groups excluding carboxylic acids is 1. The molecule has 0 aromatic heterocycles. The maximum Gasteiger partial charge on any atom is 0.234 e. The Bertz CT molecular complexity index is 435. The van der Waals surface area contributed by atoms with Crippen molar-refractivity contribution >= 4 is 11.6 Å². The minimum atomic E-state index is -0.229. The van der Waals surface area contributed by atoms with Gasteiger partial charge in [0, 0.05) is 0 Å². The number of fused-ring (bicyclic) bond motifs is 1. The molecule has 0 unspecified atom stereocenters. The van der Waals surface area contributed by atoms with E-state index in [0.29, 0.717) is 6.61 Å². The van der Waals surface area contributed by atoms with E-state index in [2.05, 4.69) is 5.32 Å². The van der Waals surface area contributed by atoms with Gasteiger partial charge in [0.1, 0.15) is 12.4 Å². The summed E-state index contributed by atoms with van der Waals surface area (Å²) in [5.74, 6) is 0.914. The molecule has 0 radical (unpaired) electrons. The van der Waals surface area contributed by atoms with Crippen LogP contribution in [0.3, 0.4) is 0 Å². The molecule has 3 rings (SSSR count). The number of hydrogen-bond acceptors (Lipinski definition) is 2. The summed E-state index contributed by atoms with van der Waals surface area (Å²) in [7, 11) is 0. The van der Waals surface area contributed by atoms with E-state index in [1.54, 1.807) is 0 Å². The lowest BCUT2D eigenvalue weighted by molar-refractivity contribution is -0.121. The van der Waals surface area contributed by atoms with Crippen molar-refractivity contribution in [3.8, 4) is 5.75 Å². The third kappa shape index (κ3) is 1.30. The van der Waals surface area contributed by atoms with Crippen molar-refractivity contribution in [1.29, 1.82) is 0 Å². The van der Waals surface area contributed by atoms with E-state index in [1.807, 2.05) is 25.1 Å². The predicted molar refractivity (Wildman–Crippen MR) is 57.0 cm³/mol. The standard InChI is InChI=1S/C12H13NO2/c1-8-2-3-9-10(6-8)15-7-12(4-5-12)11(14)13-9/h2-3,6H,4-5,7H2,1H3,(H,13,14). The Kier molecular flexibility index (Phi) is 1.61. The molecule has 1 amide bonds. The number of anilines is 1. The number of nitrogens with one attached hydrogen (secondary N) is 1. The molecule has 78 valence electrons. The van der Waals surface area contributed by atoms with E-state index in [9.17, 15) is 4.79 Å². The number of hydrogen-bond donors (Lipinski definition) is 1. The molecule has 1 aliphatic heterocycles. The molecule has 1 spiro atoms. The molecule has 1 aromatic rings. The van der Waals surface area contributed by atoms with Crippen LogP contribution in [0.25, 0.3) is 0 Å². The van der Waals surface area contributed by atoms with Gasteiger partial charge in [-0.15, -0.1) is 0 Å². The molecule has 1 fully saturated rings. The zero-order valence-corrected chi connectivity index (χ0v) is 8.67. The van der Waals surface area contributed by atoms with Crippen LogP contribution in [0.2, 0.25) is 0 Å². The first kappa shape index (κ1) is 8.77. The molecule has 1 saturated carbocycles. The van der Waals surface area contributed by atoms with Gasteiger partial charge in [-0.05, 0) is 37.5 Å².